The molecule has 29 heavy (non-hydrogen) atoms. The van der Waals surface area contributed by atoms with Crippen LogP contribution < -0.4 is 5.32 Å². The Kier molecular flexibility index (Phi) is 5.80. The van der Waals surface area contributed by atoms with E-state index in [9.17, 15) is 8.42 Å². The highest BCUT2D eigenvalue weighted by Crippen LogP contribution is 2.28. The van der Waals surface area contributed by atoms with Gasteiger partial charge >= 0.3 is 0 Å². The largest absolute Gasteiger partial charge is 0.361 e. The molecule has 0 bridgehead atoms. The molecule has 152 valence electrons. The number of aromatic nitrogens is 1. The number of hydrogen-bond acceptors (Lipinski definition) is 7. The number of fused-ring (bicyclic) bond motifs is 1. The molecular formula is C20H22N4O2S3. The van der Waals surface area contributed by atoms with Crippen LogP contribution in [0.4, 0.5) is 10.8 Å². The number of nitrogens with one attached hydrogen (secondary N) is 1. The molecule has 0 spiro atoms. The Morgan fingerprint density at radius 3 is 2.69 bits per heavy atom. The predicted molar refractivity (Wildman–Crippen MR) is 124 cm³/mol. The molecule has 6 nitrogen and oxygen atoms in total. The van der Waals surface area contributed by atoms with E-state index in [0.29, 0.717) is 4.90 Å². The van der Waals surface area contributed by atoms with Crippen molar-refractivity contribution < 1.29 is 8.42 Å². The molecule has 0 unspecified atom stereocenters. The Bertz CT molecular complexity index is 1150. The maximum Gasteiger partial charge on any atom is 0.183 e. The fourth-order valence-electron chi connectivity index (χ4n) is 2.97. The van der Waals surface area contributed by atoms with Crippen molar-refractivity contribution in [3.05, 3.63) is 48.0 Å². The summed E-state index contributed by atoms with van der Waals surface area (Å²) in [7, 11) is -1.13. The van der Waals surface area contributed by atoms with Crippen molar-refractivity contribution in [1.82, 2.24) is 9.88 Å². The zero-order valence-corrected chi connectivity index (χ0v) is 18.7. The average Bonchev–Trinajstić information content (AvgIpc) is 3.27. The average molecular weight is 447 g/mol. The zero-order chi connectivity index (χ0) is 20.4. The van der Waals surface area contributed by atoms with Gasteiger partial charge in [-0.05, 0) is 42.3 Å². The van der Waals surface area contributed by atoms with E-state index >= 15 is 0 Å². The summed E-state index contributed by atoms with van der Waals surface area (Å²) in [4.78, 5) is 11.7. The van der Waals surface area contributed by atoms with Crippen LogP contribution in [0.2, 0.25) is 0 Å². The molecule has 0 saturated carbocycles. The molecule has 0 amide bonds. The summed E-state index contributed by atoms with van der Waals surface area (Å²) < 4.78 is 24.3. The van der Waals surface area contributed by atoms with Crippen LogP contribution in [-0.4, -0.2) is 55.6 Å². The summed E-state index contributed by atoms with van der Waals surface area (Å²) in [6.07, 6.45) is 2.09. The highest BCUT2D eigenvalue weighted by Gasteiger charge is 2.14. The van der Waals surface area contributed by atoms with Gasteiger partial charge in [0.15, 0.2) is 20.1 Å². The Morgan fingerprint density at radius 1 is 1.21 bits per heavy atom. The van der Waals surface area contributed by atoms with Gasteiger partial charge in [0.2, 0.25) is 0 Å². The van der Waals surface area contributed by atoms with Gasteiger partial charge in [-0.2, -0.15) is 0 Å². The minimum absolute atomic E-state index is 0.325. The number of nitrogens with zero attached hydrogens (tertiary/aromatic N) is 3. The third-order valence-electron chi connectivity index (χ3n) is 4.62. The van der Waals surface area contributed by atoms with Crippen LogP contribution in [0.15, 0.2) is 52.4 Å². The number of anilines is 1. The summed E-state index contributed by atoms with van der Waals surface area (Å²) in [5.41, 5.74) is 3.02. The number of benzene rings is 2. The lowest BCUT2D eigenvalue weighted by Crippen LogP contribution is -2.17. The van der Waals surface area contributed by atoms with E-state index in [4.69, 9.17) is 4.99 Å². The van der Waals surface area contributed by atoms with Crippen LogP contribution in [-0.2, 0) is 16.3 Å². The van der Waals surface area contributed by atoms with Crippen LogP contribution in [0.5, 0.6) is 0 Å². The number of thioether (sulfide) groups is 1. The van der Waals surface area contributed by atoms with Gasteiger partial charge in [0.25, 0.3) is 0 Å². The highest BCUT2D eigenvalue weighted by atomic mass is 32.2. The second kappa shape index (κ2) is 8.33. The number of rotatable bonds is 6. The van der Waals surface area contributed by atoms with E-state index in [1.54, 1.807) is 30.0 Å². The molecule has 1 aliphatic heterocycles. The number of sulfone groups is 1. The number of amidine groups is 1. The molecule has 2 heterocycles. The molecule has 0 radical (unpaired) electrons. The van der Waals surface area contributed by atoms with Crippen molar-refractivity contribution in [2.75, 3.05) is 37.5 Å². The number of aliphatic imine (C=N–C) groups is 1. The Morgan fingerprint density at radius 2 is 2.00 bits per heavy atom. The number of thiazole rings is 1. The zero-order valence-electron chi connectivity index (χ0n) is 16.3. The fourth-order valence-corrected chi connectivity index (χ4v) is 5.65. The lowest BCUT2D eigenvalue weighted by atomic mass is 10.1. The molecule has 2 aromatic carbocycles. The topological polar surface area (TPSA) is 74.7 Å². The van der Waals surface area contributed by atoms with Crippen LogP contribution in [0.1, 0.15) is 5.56 Å². The molecule has 3 aromatic rings. The minimum Gasteiger partial charge on any atom is -0.361 e. The van der Waals surface area contributed by atoms with Crippen LogP contribution in [0.3, 0.4) is 0 Å². The van der Waals surface area contributed by atoms with Gasteiger partial charge in [-0.25, -0.2) is 18.4 Å². The summed E-state index contributed by atoms with van der Waals surface area (Å²) in [5, 5.41) is 5.22. The maximum atomic E-state index is 11.7. The molecule has 1 N–H and O–H groups in total. The third-order valence-corrected chi connectivity index (χ3v) is 7.76. The van der Waals surface area contributed by atoms with Crippen molar-refractivity contribution in [1.29, 1.82) is 0 Å². The molecule has 1 fully saturated rings. The van der Waals surface area contributed by atoms with Crippen LogP contribution >= 0.6 is 23.1 Å². The van der Waals surface area contributed by atoms with E-state index in [-0.39, 0.29) is 0 Å². The molecular weight excluding hydrogens is 424 g/mol. The van der Waals surface area contributed by atoms with E-state index in [1.165, 1.54) is 23.2 Å². The first-order valence-corrected chi connectivity index (χ1v) is 12.9. The normalized spacial score (nSPS) is 16.1. The molecule has 0 atom stereocenters. The Hall–Kier alpha value is -2.10. The second-order valence-corrected chi connectivity index (χ2v) is 11.0. The van der Waals surface area contributed by atoms with Gasteiger partial charge in [-0.1, -0.05) is 35.2 Å². The van der Waals surface area contributed by atoms with Crippen molar-refractivity contribution >= 4 is 59.1 Å². The van der Waals surface area contributed by atoms with Crippen molar-refractivity contribution in [2.45, 2.75) is 11.3 Å². The minimum atomic E-state index is -3.21. The molecule has 1 aromatic heterocycles. The monoisotopic (exact) mass is 446 g/mol. The lowest BCUT2D eigenvalue weighted by molar-refractivity contribution is 0.563. The van der Waals surface area contributed by atoms with Crippen molar-refractivity contribution in [3.8, 4) is 0 Å². The first kappa shape index (κ1) is 20.2. The van der Waals surface area contributed by atoms with E-state index < -0.39 is 9.84 Å². The molecule has 9 heteroatoms. The van der Waals surface area contributed by atoms with Crippen LogP contribution in [0.25, 0.3) is 10.2 Å². The summed E-state index contributed by atoms with van der Waals surface area (Å²) in [6.45, 7) is 1.81. The molecule has 0 aliphatic carbocycles. The Balaban J connectivity index is 1.36. The predicted octanol–water partition coefficient (Wildman–Crippen LogP) is 4.02. The molecule has 1 saturated heterocycles. The maximum absolute atomic E-state index is 11.7. The SMILES string of the molecule is CN1CCS/C1=N\c1ccc(CCNc2nc3ccc(S(C)(=O)=O)cc3s2)cc1. The van der Waals surface area contributed by atoms with Gasteiger partial charge in [0.1, 0.15) is 0 Å². The van der Waals surface area contributed by atoms with Gasteiger partial charge in [0.05, 0.1) is 20.8 Å². The first-order chi connectivity index (χ1) is 13.9. The van der Waals surface area contributed by atoms with Crippen LogP contribution in [0, 0.1) is 0 Å². The molecule has 1 aliphatic rings. The quantitative estimate of drug-likeness (QED) is 0.616. The standard InChI is InChI=1S/C20H22N4O2S3/c1-24-11-12-27-20(24)22-15-5-3-14(4-6-15)9-10-21-19-23-17-8-7-16(29(2,25)26)13-18(17)28-19/h3-8,13H,9-12H2,1-2H3,(H,21,23)/b22-20-. The van der Waals surface area contributed by atoms with E-state index in [0.717, 1.165) is 51.5 Å². The van der Waals surface area contributed by atoms with Gasteiger partial charge in [0, 0.05) is 32.1 Å². The summed E-state index contributed by atoms with van der Waals surface area (Å²) in [6, 6.07) is 13.4. The van der Waals surface area contributed by atoms with Crippen molar-refractivity contribution in [3.63, 3.8) is 0 Å². The van der Waals surface area contributed by atoms with Gasteiger partial charge < -0.3 is 10.2 Å². The summed E-state index contributed by atoms with van der Waals surface area (Å²) >= 11 is 3.26. The highest BCUT2D eigenvalue weighted by molar-refractivity contribution is 8.14. The molecule has 4 rings (SSSR count). The third kappa shape index (κ3) is 4.91. The lowest BCUT2D eigenvalue weighted by Gasteiger charge is -2.09. The second-order valence-electron chi connectivity index (χ2n) is 6.93. The smallest absolute Gasteiger partial charge is 0.183 e. The fraction of sp³-hybridized carbons (Fsp3) is 0.300. The van der Waals surface area contributed by atoms with Gasteiger partial charge in [-0.15, -0.1) is 0 Å². The Labute approximate surface area is 179 Å². The number of hydrogen-bond donors (Lipinski definition) is 1. The van der Waals surface area contributed by atoms with E-state index in [2.05, 4.69) is 46.5 Å². The summed E-state index contributed by atoms with van der Waals surface area (Å²) in [5.74, 6) is 1.10. The van der Waals surface area contributed by atoms with Gasteiger partial charge in [-0.3, -0.25) is 0 Å². The van der Waals surface area contributed by atoms with Crippen molar-refractivity contribution in [2.24, 2.45) is 4.99 Å². The van der Waals surface area contributed by atoms with E-state index in [1.807, 2.05) is 0 Å². The first-order valence-electron chi connectivity index (χ1n) is 9.24.